The number of nitrogens with zero attached hydrogens (tertiary/aromatic N) is 2. The van der Waals surface area contributed by atoms with Gasteiger partial charge in [-0.2, -0.15) is 0 Å². The molecule has 4 rings (SSSR count). The van der Waals surface area contributed by atoms with Gasteiger partial charge in [-0.15, -0.1) is 0 Å². The van der Waals surface area contributed by atoms with Crippen molar-refractivity contribution in [2.45, 2.75) is 17.4 Å². The minimum absolute atomic E-state index is 0.0717. The lowest BCUT2D eigenvalue weighted by atomic mass is 10.1. The Morgan fingerprint density at radius 3 is 2.48 bits per heavy atom. The number of rotatable bonds is 8. The van der Waals surface area contributed by atoms with Gasteiger partial charge in [0.05, 0.1) is 4.90 Å². The number of hydrogen-bond acceptors (Lipinski definition) is 4. The summed E-state index contributed by atoms with van der Waals surface area (Å²) in [7, 11) is -1.98. The molecule has 0 fully saturated rings. The number of halogens is 1. The summed E-state index contributed by atoms with van der Waals surface area (Å²) in [4.78, 5) is 17.1. The second-order valence-electron chi connectivity index (χ2n) is 7.61. The average Bonchev–Trinajstić information content (AvgIpc) is 3.23. The third-order valence-corrected chi connectivity index (χ3v) is 6.76. The van der Waals surface area contributed by atoms with Crippen LogP contribution in [-0.4, -0.2) is 30.4 Å². The molecule has 0 saturated heterocycles. The highest BCUT2D eigenvalue weighted by atomic mass is 32.2. The van der Waals surface area contributed by atoms with Gasteiger partial charge in [-0.3, -0.25) is 4.79 Å². The maximum Gasteiger partial charge on any atom is 0.240 e. The number of nitrogens with one attached hydrogen (secondary N) is 2. The zero-order valence-corrected chi connectivity index (χ0v) is 18.7. The van der Waals surface area contributed by atoms with E-state index in [-0.39, 0.29) is 29.6 Å². The lowest BCUT2D eigenvalue weighted by Gasteiger charge is -2.19. The first-order valence-electron chi connectivity index (χ1n) is 10.3. The zero-order valence-electron chi connectivity index (χ0n) is 17.9. The molecule has 7 nitrogen and oxygen atoms in total. The van der Waals surface area contributed by atoms with Crippen LogP contribution in [0.4, 0.5) is 4.39 Å². The van der Waals surface area contributed by atoms with E-state index in [2.05, 4.69) is 15.0 Å². The van der Waals surface area contributed by atoms with E-state index in [1.807, 2.05) is 24.3 Å². The Morgan fingerprint density at radius 1 is 1.06 bits per heavy atom. The minimum atomic E-state index is -3.77. The molecule has 2 N–H and O–H groups in total. The Hall–Kier alpha value is -3.56. The fraction of sp³-hybridized carbons (Fsp3) is 0.167. The second kappa shape index (κ2) is 9.51. The molecule has 4 aromatic rings. The van der Waals surface area contributed by atoms with Crippen molar-refractivity contribution in [2.24, 2.45) is 7.05 Å². The predicted molar refractivity (Wildman–Crippen MR) is 123 cm³/mol. The molecule has 0 aliphatic rings. The molecule has 170 valence electrons. The Balaban J connectivity index is 1.42. The summed E-state index contributed by atoms with van der Waals surface area (Å²) in [5.41, 5.74) is 0.663. The zero-order chi connectivity index (χ0) is 23.4. The molecule has 0 saturated carbocycles. The molecular formula is C24H23FN4O3S. The van der Waals surface area contributed by atoms with Crippen molar-refractivity contribution in [1.29, 1.82) is 0 Å². The highest BCUT2D eigenvalue weighted by Crippen LogP contribution is 2.21. The molecule has 1 aromatic heterocycles. The molecule has 0 aliphatic heterocycles. The maximum absolute atomic E-state index is 13.4. The molecule has 0 aliphatic carbocycles. The highest BCUT2D eigenvalue weighted by Gasteiger charge is 2.21. The quantitative estimate of drug-likeness (QED) is 0.417. The van der Waals surface area contributed by atoms with Crippen LogP contribution in [0.3, 0.4) is 0 Å². The standard InChI is InChI=1S/C24H23FN4O3S/c1-29-15-14-26-24(29)23(18-6-9-20(25)10-7-18)28-22(30)12-13-27-33(31,32)21-11-8-17-4-2-3-5-19(17)16-21/h2-11,14-16,23,27H,12-13H2,1H3,(H,28,30). The van der Waals surface area contributed by atoms with E-state index in [0.717, 1.165) is 10.8 Å². The first-order valence-corrected chi connectivity index (χ1v) is 11.8. The number of carbonyl (C=O) groups excluding carboxylic acids is 1. The number of imidazole rings is 1. The topological polar surface area (TPSA) is 93.1 Å². The first-order chi connectivity index (χ1) is 15.8. The van der Waals surface area contributed by atoms with Crippen LogP contribution in [0.15, 0.2) is 84.0 Å². The third kappa shape index (κ3) is 5.27. The van der Waals surface area contributed by atoms with Crippen molar-refractivity contribution < 1.29 is 17.6 Å². The molecule has 3 aromatic carbocycles. The van der Waals surface area contributed by atoms with Gasteiger partial charge in [0.25, 0.3) is 0 Å². The van der Waals surface area contributed by atoms with Crippen LogP contribution in [0.5, 0.6) is 0 Å². The van der Waals surface area contributed by atoms with Gasteiger partial charge in [-0.25, -0.2) is 22.5 Å². The molecule has 9 heteroatoms. The van der Waals surface area contributed by atoms with Crippen molar-refractivity contribution in [1.82, 2.24) is 19.6 Å². The summed E-state index contributed by atoms with van der Waals surface area (Å²) in [6.45, 7) is -0.0717. The Kier molecular flexibility index (Phi) is 6.52. The van der Waals surface area contributed by atoms with Crippen LogP contribution in [-0.2, 0) is 21.9 Å². The van der Waals surface area contributed by atoms with Crippen LogP contribution in [0.25, 0.3) is 10.8 Å². The van der Waals surface area contributed by atoms with Crippen LogP contribution in [0.1, 0.15) is 23.9 Å². The molecule has 33 heavy (non-hydrogen) atoms. The molecule has 1 amide bonds. The molecule has 0 bridgehead atoms. The molecule has 0 spiro atoms. The first kappa shape index (κ1) is 22.6. The van der Waals surface area contributed by atoms with Crippen molar-refractivity contribution in [3.63, 3.8) is 0 Å². The van der Waals surface area contributed by atoms with Crippen molar-refractivity contribution in [3.8, 4) is 0 Å². The van der Waals surface area contributed by atoms with Crippen molar-refractivity contribution in [3.05, 3.63) is 96.3 Å². The lowest BCUT2D eigenvalue weighted by molar-refractivity contribution is -0.121. The van der Waals surface area contributed by atoms with E-state index in [1.165, 1.54) is 18.2 Å². The van der Waals surface area contributed by atoms with Gasteiger partial charge in [0.2, 0.25) is 15.9 Å². The van der Waals surface area contributed by atoms with Gasteiger partial charge in [-0.05, 0) is 40.6 Å². The summed E-state index contributed by atoms with van der Waals surface area (Å²) in [5, 5.41) is 4.62. The molecule has 0 radical (unpaired) electrons. The number of aromatic nitrogens is 2. The van der Waals surface area contributed by atoms with Crippen LogP contribution in [0, 0.1) is 5.82 Å². The Morgan fingerprint density at radius 2 is 1.79 bits per heavy atom. The highest BCUT2D eigenvalue weighted by molar-refractivity contribution is 7.89. The molecule has 1 unspecified atom stereocenters. The minimum Gasteiger partial charge on any atom is -0.342 e. The van der Waals surface area contributed by atoms with E-state index in [4.69, 9.17) is 0 Å². The van der Waals surface area contributed by atoms with Gasteiger partial charge in [-0.1, -0.05) is 42.5 Å². The van der Waals surface area contributed by atoms with Gasteiger partial charge < -0.3 is 9.88 Å². The van der Waals surface area contributed by atoms with E-state index < -0.39 is 16.1 Å². The predicted octanol–water partition coefficient (Wildman–Crippen LogP) is 3.29. The number of fused-ring (bicyclic) bond motifs is 1. The fourth-order valence-electron chi connectivity index (χ4n) is 3.56. The number of carbonyl (C=O) groups is 1. The van der Waals surface area contributed by atoms with Crippen molar-refractivity contribution >= 4 is 26.7 Å². The third-order valence-electron chi connectivity index (χ3n) is 5.30. The summed E-state index contributed by atoms with van der Waals surface area (Å²) in [6, 6.07) is 17.6. The summed E-state index contributed by atoms with van der Waals surface area (Å²) in [5.74, 6) is -0.174. The summed E-state index contributed by atoms with van der Waals surface area (Å²) in [6.07, 6.45) is 3.28. The van der Waals surface area contributed by atoms with E-state index >= 15 is 0 Å². The van der Waals surface area contributed by atoms with Gasteiger partial charge >= 0.3 is 0 Å². The van der Waals surface area contributed by atoms with Crippen molar-refractivity contribution in [2.75, 3.05) is 6.54 Å². The Labute approximate surface area is 191 Å². The number of aryl methyl sites for hydroxylation is 1. The number of sulfonamides is 1. The van der Waals surface area contributed by atoms with Crippen LogP contribution in [0.2, 0.25) is 0 Å². The SMILES string of the molecule is Cn1ccnc1C(NC(=O)CCNS(=O)(=O)c1ccc2ccccc2c1)c1ccc(F)cc1. The fourth-order valence-corrected chi connectivity index (χ4v) is 4.62. The van der Waals surface area contributed by atoms with E-state index in [1.54, 1.807) is 48.3 Å². The molecule has 1 atom stereocenters. The number of amides is 1. The normalized spacial score (nSPS) is 12.5. The van der Waals surface area contributed by atoms with Gasteiger partial charge in [0, 0.05) is 32.4 Å². The Bertz CT molecular complexity index is 1380. The maximum atomic E-state index is 13.4. The van der Waals surface area contributed by atoms with E-state index in [0.29, 0.717) is 11.4 Å². The number of hydrogen-bond donors (Lipinski definition) is 2. The average molecular weight is 467 g/mol. The number of benzene rings is 3. The van der Waals surface area contributed by atoms with Crippen LogP contribution < -0.4 is 10.0 Å². The summed E-state index contributed by atoms with van der Waals surface area (Å²) < 4.78 is 43.0. The largest absolute Gasteiger partial charge is 0.342 e. The summed E-state index contributed by atoms with van der Waals surface area (Å²) >= 11 is 0. The van der Waals surface area contributed by atoms with Gasteiger partial charge in [0.1, 0.15) is 17.7 Å². The second-order valence-corrected chi connectivity index (χ2v) is 9.37. The van der Waals surface area contributed by atoms with Crippen LogP contribution >= 0.6 is 0 Å². The van der Waals surface area contributed by atoms with Gasteiger partial charge in [0.15, 0.2) is 0 Å². The van der Waals surface area contributed by atoms with E-state index in [9.17, 15) is 17.6 Å². The molecular weight excluding hydrogens is 443 g/mol. The molecule has 1 heterocycles. The lowest BCUT2D eigenvalue weighted by Crippen LogP contribution is -2.34. The monoisotopic (exact) mass is 466 g/mol. The smallest absolute Gasteiger partial charge is 0.240 e.